The number of carbonyl (C=O) groups excluding carboxylic acids is 2. The van der Waals surface area contributed by atoms with Crippen molar-refractivity contribution in [3.05, 3.63) is 216 Å². The maximum absolute atomic E-state index is 16.1. The van der Waals surface area contributed by atoms with E-state index in [0.29, 0.717) is 59.8 Å². The standard InChI is InChI=1S/C77H80O12/c1-44(40-79)54-28-20-45-18-21-47(22-19-45)55-29-25-49(57-14-7-17-65-60(57)31-27-53-12-6-11-52-26-23-48-10-3-5-16-64(48)77(52,53)65)37-51(55)38-68(82)86-72-70-67(33-32-61-63(41-80)69(75(84)87-71(61)70)50(34-36-78)42-85-43-81)89-76(73(72)88-74(54)83)35-8-15-59-58-30-24-46-9-2-4-13-56(46)62(58)39-66(59)76/h2-5,7,9-10,13-14,16-19,21-26,29-30,32-33,49-53,55,58-59,62,66,72-73,78-81H,6,8,11-12,15,20,27-28,31,34-43H2,1H3. The van der Waals surface area contributed by atoms with E-state index in [9.17, 15) is 25.2 Å². The second-order valence-electron chi connectivity index (χ2n) is 27.2. The van der Waals surface area contributed by atoms with Crippen molar-refractivity contribution in [2.45, 2.75) is 150 Å². The van der Waals surface area contributed by atoms with Gasteiger partial charge < -0.3 is 43.8 Å². The topological polar surface area (TPSA) is 182 Å². The SMILES string of the molecule is CC(CO)=C1CCc2ccc(cc2)C2C=CC(c3cccc4c3CCC3CCCC5C=Cc6ccccc6C453)CC2CC(=O)OC2c3c(ccc4c(CO)c(C(CCO)COCO)c(=O)oc34)OC3(CCCC4C5C=Cc6ccccc6C5CC43)C2OC1=O. The Morgan fingerprint density at radius 2 is 1.56 bits per heavy atom. The summed E-state index contributed by atoms with van der Waals surface area (Å²) in [5, 5.41) is 42.5. The normalized spacial score (nSPS) is 31.4. The van der Waals surface area contributed by atoms with E-state index in [1.54, 1.807) is 19.1 Å². The lowest BCUT2D eigenvalue weighted by Gasteiger charge is -2.55. The highest BCUT2D eigenvalue weighted by Crippen LogP contribution is 2.65. The maximum atomic E-state index is 16.1. The van der Waals surface area contributed by atoms with E-state index in [1.165, 1.54) is 51.8 Å². The van der Waals surface area contributed by atoms with Crippen molar-refractivity contribution in [3.63, 3.8) is 0 Å². The first-order chi connectivity index (χ1) is 43.6. The highest BCUT2D eigenvalue weighted by molar-refractivity contribution is 5.91. The van der Waals surface area contributed by atoms with Crippen molar-refractivity contribution in [1.29, 1.82) is 0 Å². The Kier molecular flexibility index (Phi) is 15.4. The lowest BCUT2D eigenvalue weighted by molar-refractivity contribution is -0.212. The number of carbonyl (C=O) groups is 2. The first kappa shape index (κ1) is 58.2. The lowest BCUT2D eigenvalue weighted by atomic mass is 9.48. The van der Waals surface area contributed by atoms with Crippen LogP contribution in [0.3, 0.4) is 0 Å². The monoisotopic (exact) mass is 1200 g/mol. The minimum absolute atomic E-state index is 0.00000476. The number of rotatable bonds is 9. The van der Waals surface area contributed by atoms with E-state index >= 15 is 9.59 Å². The molecule has 12 heteroatoms. The zero-order valence-electron chi connectivity index (χ0n) is 50.7. The van der Waals surface area contributed by atoms with Gasteiger partial charge in [0.05, 0.1) is 25.4 Å². The molecule has 10 aliphatic rings. The maximum Gasteiger partial charge on any atom is 0.340 e. The molecule has 16 rings (SSSR count). The van der Waals surface area contributed by atoms with Crippen molar-refractivity contribution >= 4 is 35.1 Å². The molecule has 460 valence electrons. The number of allylic oxidation sites excluding steroid dienone is 4. The van der Waals surface area contributed by atoms with Crippen molar-refractivity contribution in [2.24, 2.45) is 35.5 Å². The fourth-order valence-corrected chi connectivity index (χ4v) is 19.4. The molecule has 2 spiro atoms. The molecular formula is C77H80O12. The van der Waals surface area contributed by atoms with Crippen molar-refractivity contribution in [2.75, 3.05) is 26.6 Å². The number of esters is 2. The third-order valence-corrected chi connectivity index (χ3v) is 23.2. The molecular weight excluding hydrogens is 1120 g/mol. The van der Waals surface area contributed by atoms with Crippen LogP contribution in [0, 0.1) is 35.5 Å². The summed E-state index contributed by atoms with van der Waals surface area (Å²) in [5.74, 6) is -0.820. The number of hydrogen-bond acceptors (Lipinski definition) is 12. The van der Waals surface area contributed by atoms with E-state index in [-0.39, 0.29) is 108 Å². The first-order valence-corrected chi connectivity index (χ1v) is 32.9. The zero-order chi connectivity index (χ0) is 60.7. The third-order valence-electron chi connectivity index (χ3n) is 23.2. The Balaban J connectivity index is 0.884. The Hall–Kier alpha value is -7.19. The molecule has 0 radical (unpaired) electrons. The zero-order valence-corrected chi connectivity index (χ0v) is 50.7. The number of aryl methyl sites for hydroxylation is 1. The molecule has 12 nitrogen and oxygen atoms in total. The third kappa shape index (κ3) is 9.50. The molecule has 7 aliphatic carbocycles. The van der Waals surface area contributed by atoms with Crippen molar-refractivity contribution in [3.8, 4) is 5.75 Å². The van der Waals surface area contributed by atoms with Crippen LogP contribution in [0.25, 0.3) is 23.1 Å². The number of ether oxygens (including phenoxy) is 4. The van der Waals surface area contributed by atoms with Gasteiger partial charge in [0.25, 0.3) is 0 Å². The molecule has 1 aromatic heterocycles. The van der Waals surface area contributed by atoms with E-state index in [4.69, 9.17) is 23.4 Å². The van der Waals surface area contributed by atoms with Crippen LogP contribution in [-0.4, -0.2) is 70.7 Å². The lowest BCUT2D eigenvalue weighted by Crippen LogP contribution is -2.62. The molecule has 14 unspecified atom stereocenters. The molecule has 0 amide bonds. The van der Waals surface area contributed by atoms with Crippen molar-refractivity contribution < 1.29 is 53.4 Å². The van der Waals surface area contributed by atoms with Gasteiger partial charge in [0.15, 0.2) is 17.8 Å². The summed E-state index contributed by atoms with van der Waals surface area (Å²) in [6.45, 7) is -0.300. The molecule has 0 saturated heterocycles. The van der Waals surface area contributed by atoms with Gasteiger partial charge in [-0.25, -0.2) is 9.59 Å². The van der Waals surface area contributed by atoms with Gasteiger partial charge in [-0.05, 0) is 193 Å². The van der Waals surface area contributed by atoms with E-state index in [0.717, 1.165) is 43.2 Å². The number of hydrogen-bond donors (Lipinski definition) is 4. The fraction of sp³-hybridized carbons (Fsp3) is 0.442. The van der Waals surface area contributed by atoms with Gasteiger partial charge in [-0.3, -0.25) is 4.79 Å². The predicted molar refractivity (Wildman–Crippen MR) is 339 cm³/mol. The summed E-state index contributed by atoms with van der Waals surface area (Å²) in [7, 11) is 0. The molecule has 3 fully saturated rings. The van der Waals surface area contributed by atoms with Gasteiger partial charge >= 0.3 is 17.6 Å². The molecule has 4 N–H and O–H groups in total. The molecule has 3 saturated carbocycles. The summed E-state index contributed by atoms with van der Waals surface area (Å²) in [5.41, 5.74) is 10.7. The molecule has 2 bridgehead atoms. The minimum Gasteiger partial charge on any atom is -0.482 e. The highest BCUT2D eigenvalue weighted by atomic mass is 16.6. The Labute approximate surface area is 520 Å². The average Bonchev–Trinajstić information content (AvgIpc) is 1.52. The van der Waals surface area contributed by atoms with Crippen LogP contribution in [0.5, 0.6) is 5.75 Å². The first-order valence-electron chi connectivity index (χ1n) is 32.9. The van der Waals surface area contributed by atoms with Crippen LogP contribution in [0.2, 0.25) is 0 Å². The molecule has 14 atom stereocenters. The van der Waals surface area contributed by atoms with Crippen LogP contribution in [0.1, 0.15) is 181 Å². The highest BCUT2D eigenvalue weighted by Gasteiger charge is 2.65. The van der Waals surface area contributed by atoms with E-state index in [1.807, 2.05) is 0 Å². The van der Waals surface area contributed by atoms with Gasteiger partial charge in [0, 0.05) is 58.6 Å². The van der Waals surface area contributed by atoms with Crippen LogP contribution in [-0.2, 0) is 48.7 Å². The van der Waals surface area contributed by atoms with Gasteiger partial charge in [0.2, 0.25) is 0 Å². The smallest absolute Gasteiger partial charge is 0.340 e. The summed E-state index contributed by atoms with van der Waals surface area (Å²) in [4.78, 5) is 46.5. The molecule has 89 heavy (non-hydrogen) atoms. The van der Waals surface area contributed by atoms with Gasteiger partial charge in [-0.15, -0.1) is 0 Å². The van der Waals surface area contributed by atoms with Crippen LogP contribution >= 0.6 is 0 Å². The molecule has 5 aromatic carbocycles. The molecule has 6 aromatic rings. The van der Waals surface area contributed by atoms with Gasteiger partial charge in [-0.2, -0.15) is 0 Å². The Morgan fingerprint density at radius 1 is 0.753 bits per heavy atom. The number of fused-ring (bicyclic) bond motifs is 19. The Bertz CT molecular complexity index is 3940. The van der Waals surface area contributed by atoms with Crippen molar-refractivity contribution in [1.82, 2.24) is 0 Å². The summed E-state index contributed by atoms with van der Waals surface area (Å²) in [6.07, 6.45) is 21.5. The summed E-state index contributed by atoms with van der Waals surface area (Å²) >= 11 is 0. The summed E-state index contributed by atoms with van der Waals surface area (Å²) < 4.78 is 34.0. The quantitative estimate of drug-likeness (QED) is 0.0354. The number of aliphatic hydroxyl groups excluding tert-OH is 4. The predicted octanol–water partition coefficient (Wildman–Crippen LogP) is 13.1. The van der Waals surface area contributed by atoms with Crippen LogP contribution in [0.4, 0.5) is 0 Å². The van der Waals surface area contributed by atoms with E-state index < -0.39 is 54.7 Å². The second-order valence-corrected chi connectivity index (χ2v) is 27.2. The number of aliphatic hydroxyl groups is 4. The molecule has 3 aliphatic heterocycles. The van der Waals surface area contributed by atoms with Gasteiger partial charge in [-0.1, -0.05) is 134 Å². The number of benzene rings is 5. The van der Waals surface area contributed by atoms with Crippen LogP contribution in [0.15, 0.2) is 148 Å². The minimum atomic E-state index is -1.38. The molecule has 4 heterocycles. The van der Waals surface area contributed by atoms with Gasteiger partial charge in [0.1, 0.15) is 18.1 Å². The fourth-order valence-electron chi connectivity index (χ4n) is 19.4. The summed E-state index contributed by atoms with van der Waals surface area (Å²) in [6, 6.07) is 36.7. The average molecular weight is 1200 g/mol. The van der Waals surface area contributed by atoms with Crippen LogP contribution < -0.4 is 10.4 Å². The largest absolute Gasteiger partial charge is 0.482 e. The van der Waals surface area contributed by atoms with E-state index in [2.05, 4.69) is 127 Å². The Morgan fingerprint density at radius 3 is 2.39 bits per heavy atom. The second kappa shape index (κ2) is 23.6.